The Hall–Kier alpha value is -0.780. The van der Waals surface area contributed by atoms with Gasteiger partial charge in [0.1, 0.15) is 0 Å². The van der Waals surface area contributed by atoms with Crippen molar-refractivity contribution in [3.05, 3.63) is 34.3 Å². The molecule has 0 amide bonds. The molecule has 1 unspecified atom stereocenters. The quantitative estimate of drug-likeness (QED) is 0.839. The Morgan fingerprint density at radius 3 is 2.50 bits per heavy atom. The lowest BCUT2D eigenvalue weighted by Gasteiger charge is -2.14. The molecule has 1 aromatic rings. The third kappa shape index (κ3) is 3.37. The van der Waals surface area contributed by atoms with Crippen LogP contribution in [0, 0.1) is 0 Å². The number of alkyl halides is 3. The van der Waals surface area contributed by atoms with Crippen LogP contribution in [0.4, 0.5) is 13.2 Å². The van der Waals surface area contributed by atoms with Gasteiger partial charge in [0.05, 0.1) is 12.2 Å². The van der Waals surface area contributed by atoms with Crippen molar-refractivity contribution in [3.63, 3.8) is 0 Å². The zero-order valence-corrected chi connectivity index (χ0v) is 9.27. The molecule has 0 heterocycles. The Bertz CT molecular complexity index is 368. The summed E-state index contributed by atoms with van der Waals surface area (Å²) < 4.78 is 37.4. The zero-order valence-electron chi connectivity index (χ0n) is 8.51. The van der Waals surface area contributed by atoms with Gasteiger partial charge in [-0.3, -0.25) is 0 Å². The van der Waals surface area contributed by atoms with Crippen molar-refractivity contribution in [1.82, 2.24) is 0 Å². The van der Waals surface area contributed by atoms with Crippen molar-refractivity contribution in [1.29, 1.82) is 0 Å². The Morgan fingerprint density at radius 1 is 1.38 bits per heavy atom. The second-order valence-electron chi connectivity index (χ2n) is 3.51. The maximum absolute atomic E-state index is 12.5. The number of hydrogen-bond acceptors (Lipinski definition) is 2. The molecule has 6 heteroatoms. The zero-order chi connectivity index (χ0) is 12.3. The number of rotatable bonds is 3. The van der Waals surface area contributed by atoms with Crippen LogP contribution in [-0.4, -0.2) is 6.61 Å². The van der Waals surface area contributed by atoms with Crippen LogP contribution in [0.15, 0.2) is 18.2 Å². The van der Waals surface area contributed by atoms with Gasteiger partial charge in [-0.05, 0) is 23.8 Å². The van der Waals surface area contributed by atoms with E-state index in [2.05, 4.69) is 4.84 Å². The van der Waals surface area contributed by atoms with E-state index in [1.807, 2.05) is 0 Å². The molecule has 2 N–H and O–H groups in total. The van der Waals surface area contributed by atoms with Crippen LogP contribution in [0.25, 0.3) is 0 Å². The highest BCUT2D eigenvalue weighted by Gasteiger charge is 2.31. The molecule has 0 bridgehead atoms. The first kappa shape index (κ1) is 13.3. The van der Waals surface area contributed by atoms with Crippen LogP contribution in [-0.2, 0) is 11.0 Å². The van der Waals surface area contributed by atoms with Gasteiger partial charge in [-0.1, -0.05) is 18.5 Å². The summed E-state index contributed by atoms with van der Waals surface area (Å²) >= 11 is 5.63. The summed E-state index contributed by atoms with van der Waals surface area (Å²) in [4.78, 5) is 4.40. The Balaban J connectivity index is 3.08. The molecule has 0 aliphatic heterocycles. The lowest BCUT2D eigenvalue weighted by atomic mass is 10.00. The van der Waals surface area contributed by atoms with E-state index in [0.717, 1.165) is 12.1 Å². The molecule has 0 aliphatic carbocycles. The summed E-state index contributed by atoms with van der Waals surface area (Å²) in [5, 5.41) is 0.0497. The summed E-state index contributed by atoms with van der Waals surface area (Å²) in [5.41, 5.74) is -0.316. The molecule has 90 valence electrons. The fraction of sp³-hybridized carbons (Fsp3) is 0.400. The van der Waals surface area contributed by atoms with Crippen LogP contribution in [0.2, 0.25) is 5.02 Å². The number of hydrogen-bond donors (Lipinski definition) is 1. The maximum Gasteiger partial charge on any atom is 0.416 e. The van der Waals surface area contributed by atoms with Crippen molar-refractivity contribution in [2.24, 2.45) is 5.90 Å². The predicted octanol–water partition coefficient (Wildman–Crippen LogP) is 3.35. The second kappa shape index (κ2) is 5.03. The maximum atomic E-state index is 12.5. The lowest BCUT2D eigenvalue weighted by Crippen LogP contribution is -2.11. The van der Waals surface area contributed by atoms with Crippen LogP contribution in [0.3, 0.4) is 0 Å². The summed E-state index contributed by atoms with van der Waals surface area (Å²) in [5.74, 6) is 4.63. The third-order valence-electron chi connectivity index (χ3n) is 2.16. The molecule has 0 saturated carbocycles. The molecule has 0 radical (unpaired) electrons. The van der Waals surface area contributed by atoms with Gasteiger partial charge in [0, 0.05) is 10.9 Å². The van der Waals surface area contributed by atoms with E-state index in [9.17, 15) is 13.2 Å². The van der Waals surface area contributed by atoms with Gasteiger partial charge >= 0.3 is 6.18 Å². The van der Waals surface area contributed by atoms with Gasteiger partial charge in [-0.15, -0.1) is 0 Å². The van der Waals surface area contributed by atoms with Crippen LogP contribution < -0.4 is 5.90 Å². The van der Waals surface area contributed by atoms with Gasteiger partial charge in [0.15, 0.2) is 0 Å². The first-order valence-electron chi connectivity index (χ1n) is 4.54. The highest BCUT2D eigenvalue weighted by Crippen LogP contribution is 2.33. The minimum absolute atomic E-state index is 0.0497. The van der Waals surface area contributed by atoms with E-state index in [1.165, 1.54) is 6.07 Å². The third-order valence-corrected chi connectivity index (χ3v) is 2.38. The molecule has 1 atom stereocenters. The van der Waals surface area contributed by atoms with E-state index in [4.69, 9.17) is 17.5 Å². The first-order chi connectivity index (χ1) is 7.34. The van der Waals surface area contributed by atoms with Gasteiger partial charge in [0.2, 0.25) is 0 Å². The highest BCUT2D eigenvalue weighted by molar-refractivity contribution is 6.30. The monoisotopic (exact) mass is 253 g/mol. The summed E-state index contributed by atoms with van der Waals surface area (Å²) in [6.07, 6.45) is -4.40. The predicted molar refractivity (Wildman–Crippen MR) is 55.0 cm³/mol. The van der Waals surface area contributed by atoms with Gasteiger partial charge in [0.25, 0.3) is 0 Å². The fourth-order valence-electron chi connectivity index (χ4n) is 1.30. The van der Waals surface area contributed by atoms with E-state index < -0.39 is 11.7 Å². The molecule has 0 aromatic heterocycles. The first-order valence-corrected chi connectivity index (χ1v) is 4.91. The number of halogens is 4. The van der Waals surface area contributed by atoms with Crippen molar-refractivity contribution >= 4 is 11.6 Å². The average Bonchev–Trinajstić information content (AvgIpc) is 2.16. The largest absolute Gasteiger partial charge is 0.416 e. The van der Waals surface area contributed by atoms with Gasteiger partial charge in [-0.25, -0.2) is 5.90 Å². The Labute approximate surface area is 96.1 Å². The molecular formula is C10H11ClF3NO. The topological polar surface area (TPSA) is 35.2 Å². The summed E-state index contributed by atoms with van der Waals surface area (Å²) in [7, 11) is 0. The molecule has 0 saturated heterocycles. The average molecular weight is 254 g/mol. The molecule has 16 heavy (non-hydrogen) atoms. The Kier molecular flexibility index (Phi) is 4.18. The van der Waals surface area contributed by atoms with Crippen molar-refractivity contribution in [2.75, 3.05) is 6.61 Å². The lowest BCUT2D eigenvalue weighted by molar-refractivity contribution is -0.137. The molecular weight excluding hydrogens is 243 g/mol. The minimum Gasteiger partial charge on any atom is -0.304 e. The molecule has 0 aliphatic rings. The van der Waals surface area contributed by atoms with Gasteiger partial charge in [-0.2, -0.15) is 13.2 Å². The fourth-order valence-corrected chi connectivity index (χ4v) is 1.54. The van der Waals surface area contributed by atoms with E-state index in [-0.39, 0.29) is 17.5 Å². The molecule has 2 nitrogen and oxygen atoms in total. The molecule has 0 spiro atoms. The van der Waals surface area contributed by atoms with Crippen LogP contribution in [0.5, 0.6) is 0 Å². The van der Waals surface area contributed by atoms with E-state index in [0.29, 0.717) is 5.56 Å². The number of benzene rings is 1. The summed E-state index contributed by atoms with van der Waals surface area (Å²) in [6, 6.07) is 3.41. The number of nitrogens with two attached hydrogens (primary N) is 1. The van der Waals surface area contributed by atoms with Crippen molar-refractivity contribution < 1.29 is 18.0 Å². The van der Waals surface area contributed by atoms with E-state index >= 15 is 0 Å². The minimum atomic E-state index is -4.40. The van der Waals surface area contributed by atoms with Gasteiger partial charge < -0.3 is 4.84 Å². The van der Waals surface area contributed by atoms with Crippen LogP contribution >= 0.6 is 11.6 Å². The highest BCUT2D eigenvalue weighted by atomic mass is 35.5. The SMILES string of the molecule is CC(CON)c1cc(Cl)cc(C(F)(F)F)c1. The smallest absolute Gasteiger partial charge is 0.304 e. The second-order valence-corrected chi connectivity index (χ2v) is 3.94. The molecule has 1 aromatic carbocycles. The Morgan fingerprint density at radius 2 is 2.00 bits per heavy atom. The van der Waals surface area contributed by atoms with Crippen molar-refractivity contribution in [2.45, 2.75) is 19.0 Å². The normalized spacial score (nSPS) is 13.9. The van der Waals surface area contributed by atoms with E-state index in [1.54, 1.807) is 6.92 Å². The summed E-state index contributed by atoms with van der Waals surface area (Å²) in [6.45, 7) is 1.84. The van der Waals surface area contributed by atoms with Crippen LogP contribution in [0.1, 0.15) is 24.0 Å². The molecule has 1 rings (SSSR count). The molecule has 0 fully saturated rings. The standard InChI is InChI=1S/C10H11ClF3NO/c1-6(5-16-15)7-2-8(10(12,13)14)4-9(11)3-7/h2-4,6H,5,15H2,1H3. The van der Waals surface area contributed by atoms with Crippen molar-refractivity contribution in [3.8, 4) is 0 Å².